The molecule has 17 heavy (non-hydrogen) atoms. The summed E-state index contributed by atoms with van der Waals surface area (Å²) in [6, 6.07) is 5.31. The summed E-state index contributed by atoms with van der Waals surface area (Å²) in [6.45, 7) is 4.51. The SMILES string of the molecule is CC(C)OCCC(O)Cc1ccc(Cl)cc1Cl. The molecule has 0 spiro atoms. The highest BCUT2D eigenvalue weighted by molar-refractivity contribution is 6.35. The van der Waals surface area contributed by atoms with Crippen molar-refractivity contribution in [1.82, 2.24) is 0 Å². The van der Waals surface area contributed by atoms with Crippen LogP contribution in [0.3, 0.4) is 0 Å². The second-order valence-corrected chi connectivity index (χ2v) is 5.15. The van der Waals surface area contributed by atoms with E-state index in [9.17, 15) is 5.11 Å². The van der Waals surface area contributed by atoms with Crippen LogP contribution in [0.4, 0.5) is 0 Å². The van der Waals surface area contributed by atoms with Crippen LogP contribution in [0, 0.1) is 0 Å². The summed E-state index contributed by atoms with van der Waals surface area (Å²) in [6.07, 6.45) is 0.892. The van der Waals surface area contributed by atoms with Crippen molar-refractivity contribution in [3.05, 3.63) is 33.8 Å². The molecule has 0 bridgehead atoms. The van der Waals surface area contributed by atoms with Gasteiger partial charge in [-0.1, -0.05) is 29.3 Å². The molecule has 0 heterocycles. The Bertz CT molecular complexity index is 353. The summed E-state index contributed by atoms with van der Waals surface area (Å²) >= 11 is 11.8. The average molecular weight is 277 g/mol. The van der Waals surface area contributed by atoms with Gasteiger partial charge in [0.2, 0.25) is 0 Å². The van der Waals surface area contributed by atoms with Crippen LogP contribution in [-0.4, -0.2) is 23.9 Å². The summed E-state index contributed by atoms with van der Waals surface area (Å²) in [5.41, 5.74) is 0.910. The summed E-state index contributed by atoms with van der Waals surface area (Å²) in [5, 5.41) is 11.0. The van der Waals surface area contributed by atoms with Gasteiger partial charge in [-0.25, -0.2) is 0 Å². The van der Waals surface area contributed by atoms with E-state index in [4.69, 9.17) is 27.9 Å². The van der Waals surface area contributed by atoms with Crippen molar-refractivity contribution in [3.8, 4) is 0 Å². The Hall–Kier alpha value is -0.280. The molecular formula is C13H18Cl2O2. The zero-order valence-corrected chi connectivity index (χ0v) is 11.6. The van der Waals surface area contributed by atoms with E-state index >= 15 is 0 Å². The van der Waals surface area contributed by atoms with E-state index in [1.165, 1.54) is 0 Å². The van der Waals surface area contributed by atoms with Crippen molar-refractivity contribution in [2.24, 2.45) is 0 Å². The van der Waals surface area contributed by atoms with Crippen LogP contribution >= 0.6 is 23.2 Å². The quantitative estimate of drug-likeness (QED) is 0.858. The Balaban J connectivity index is 2.42. The molecule has 0 aliphatic carbocycles. The van der Waals surface area contributed by atoms with Crippen molar-refractivity contribution >= 4 is 23.2 Å². The highest BCUT2D eigenvalue weighted by atomic mass is 35.5. The smallest absolute Gasteiger partial charge is 0.0603 e. The first kappa shape index (κ1) is 14.8. The zero-order valence-electron chi connectivity index (χ0n) is 10.1. The Morgan fingerprint density at radius 2 is 2.00 bits per heavy atom. The third-order valence-corrected chi connectivity index (χ3v) is 2.96. The minimum atomic E-state index is -0.438. The molecule has 0 fully saturated rings. The molecule has 0 aliphatic rings. The lowest BCUT2D eigenvalue weighted by atomic mass is 10.1. The number of ether oxygens (including phenoxy) is 1. The monoisotopic (exact) mass is 276 g/mol. The fourth-order valence-electron chi connectivity index (χ4n) is 1.48. The second kappa shape index (κ2) is 7.22. The molecule has 96 valence electrons. The van der Waals surface area contributed by atoms with Crippen LogP contribution in [0.15, 0.2) is 18.2 Å². The highest BCUT2D eigenvalue weighted by Gasteiger charge is 2.09. The molecule has 2 nitrogen and oxygen atoms in total. The van der Waals surface area contributed by atoms with Gasteiger partial charge in [0.25, 0.3) is 0 Å². The Morgan fingerprint density at radius 1 is 1.29 bits per heavy atom. The third kappa shape index (κ3) is 5.73. The van der Waals surface area contributed by atoms with Gasteiger partial charge in [0.15, 0.2) is 0 Å². The topological polar surface area (TPSA) is 29.5 Å². The number of benzene rings is 1. The molecule has 0 radical (unpaired) electrons. The van der Waals surface area contributed by atoms with E-state index in [0.29, 0.717) is 29.5 Å². The number of aliphatic hydroxyl groups excluding tert-OH is 1. The van der Waals surface area contributed by atoms with Gasteiger partial charge in [0.05, 0.1) is 12.2 Å². The maximum absolute atomic E-state index is 9.84. The van der Waals surface area contributed by atoms with Crippen LogP contribution in [0.5, 0.6) is 0 Å². The number of hydrogen-bond acceptors (Lipinski definition) is 2. The Kier molecular flexibility index (Phi) is 6.28. The average Bonchev–Trinajstić information content (AvgIpc) is 2.21. The zero-order chi connectivity index (χ0) is 12.8. The van der Waals surface area contributed by atoms with Gasteiger partial charge in [-0.15, -0.1) is 0 Å². The van der Waals surface area contributed by atoms with Crippen molar-refractivity contribution in [3.63, 3.8) is 0 Å². The first-order chi connectivity index (χ1) is 7.99. The van der Waals surface area contributed by atoms with Crippen molar-refractivity contribution in [2.75, 3.05) is 6.61 Å². The molecule has 0 amide bonds. The number of rotatable bonds is 6. The van der Waals surface area contributed by atoms with Gasteiger partial charge in [-0.2, -0.15) is 0 Å². The minimum absolute atomic E-state index is 0.196. The van der Waals surface area contributed by atoms with E-state index in [2.05, 4.69) is 0 Å². The van der Waals surface area contributed by atoms with Gasteiger partial charge >= 0.3 is 0 Å². The van der Waals surface area contributed by atoms with Gasteiger partial charge in [0.1, 0.15) is 0 Å². The van der Waals surface area contributed by atoms with Crippen LogP contribution in [0.2, 0.25) is 10.0 Å². The molecule has 1 unspecified atom stereocenters. The predicted molar refractivity (Wildman–Crippen MR) is 71.9 cm³/mol. The van der Waals surface area contributed by atoms with Gasteiger partial charge in [-0.05, 0) is 44.4 Å². The van der Waals surface area contributed by atoms with E-state index in [-0.39, 0.29) is 6.10 Å². The second-order valence-electron chi connectivity index (χ2n) is 4.30. The van der Waals surface area contributed by atoms with E-state index in [1.807, 2.05) is 19.9 Å². The fourth-order valence-corrected chi connectivity index (χ4v) is 1.97. The Morgan fingerprint density at radius 3 is 2.59 bits per heavy atom. The minimum Gasteiger partial charge on any atom is -0.393 e. The molecule has 1 N–H and O–H groups in total. The third-order valence-electron chi connectivity index (χ3n) is 2.37. The van der Waals surface area contributed by atoms with Gasteiger partial charge < -0.3 is 9.84 Å². The molecular weight excluding hydrogens is 259 g/mol. The molecule has 0 aromatic heterocycles. The molecule has 4 heteroatoms. The standard InChI is InChI=1S/C13H18Cl2O2/c1-9(2)17-6-5-12(16)7-10-3-4-11(14)8-13(10)15/h3-4,8-9,12,16H,5-7H2,1-2H3. The molecule has 1 atom stereocenters. The normalized spacial score (nSPS) is 13.1. The van der Waals surface area contributed by atoms with Crippen molar-refractivity contribution in [1.29, 1.82) is 0 Å². The van der Waals surface area contributed by atoms with Crippen LogP contribution in [-0.2, 0) is 11.2 Å². The molecule has 1 aromatic rings. The number of aliphatic hydroxyl groups is 1. The fraction of sp³-hybridized carbons (Fsp3) is 0.538. The summed E-state index contributed by atoms with van der Waals surface area (Å²) in [5.74, 6) is 0. The van der Waals surface area contributed by atoms with Gasteiger partial charge in [-0.3, -0.25) is 0 Å². The maximum Gasteiger partial charge on any atom is 0.0603 e. The van der Waals surface area contributed by atoms with Crippen LogP contribution in [0.1, 0.15) is 25.8 Å². The molecule has 0 saturated carbocycles. The largest absolute Gasteiger partial charge is 0.393 e. The van der Waals surface area contributed by atoms with Crippen molar-refractivity contribution in [2.45, 2.75) is 38.9 Å². The van der Waals surface area contributed by atoms with Crippen molar-refractivity contribution < 1.29 is 9.84 Å². The molecule has 1 rings (SSSR count). The summed E-state index contributed by atoms with van der Waals surface area (Å²) in [4.78, 5) is 0. The molecule has 0 saturated heterocycles. The highest BCUT2D eigenvalue weighted by Crippen LogP contribution is 2.22. The van der Waals surface area contributed by atoms with E-state index in [1.54, 1.807) is 12.1 Å². The van der Waals surface area contributed by atoms with Crippen LogP contribution < -0.4 is 0 Å². The lowest BCUT2D eigenvalue weighted by Gasteiger charge is -2.13. The number of hydrogen-bond donors (Lipinski definition) is 1. The lowest BCUT2D eigenvalue weighted by Crippen LogP contribution is -2.15. The van der Waals surface area contributed by atoms with E-state index in [0.717, 1.165) is 5.56 Å². The van der Waals surface area contributed by atoms with Gasteiger partial charge in [0, 0.05) is 16.7 Å². The summed E-state index contributed by atoms with van der Waals surface area (Å²) in [7, 11) is 0. The Labute approximate surface area is 113 Å². The lowest BCUT2D eigenvalue weighted by molar-refractivity contribution is 0.0470. The van der Waals surface area contributed by atoms with E-state index < -0.39 is 6.10 Å². The number of halogens is 2. The maximum atomic E-state index is 9.84. The predicted octanol–water partition coefficient (Wildman–Crippen LogP) is 3.71. The molecule has 1 aromatic carbocycles. The summed E-state index contributed by atoms with van der Waals surface area (Å²) < 4.78 is 5.39. The first-order valence-electron chi connectivity index (χ1n) is 5.72. The first-order valence-corrected chi connectivity index (χ1v) is 6.48. The van der Waals surface area contributed by atoms with Crippen LogP contribution in [0.25, 0.3) is 0 Å². The molecule has 0 aliphatic heterocycles.